The van der Waals surface area contributed by atoms with Crippen LogP contribution in [0.4, 0.5) is 4.39 Å². The molecule has 0 aliphatic carbocycles. The molecule has 0 unspecified atom stereocenters. The molecule has 0 aromatic heterocycles. The van der Waals surface area contributed by atoms with Crippen LogP contribution in [0.5, 0.6) is 0 Å². The van der Waals surface area contributed by atoms with Crippen LogP contribution in [-0.4, -0.2) is 24.9 Å². The molecule has 0 bridgehead atoms. The van der Waals surface area contributed by atoms with Crippen LogP contribution in [0.2, 0.25) is 0 Å². The molecule has 0 radical (unpaired) electrons. The van der Waals surface area contributed by atoms with Gasteiger partial charge < -0.3 is 10.6 Å². The molecule has 0 saturated carbocycles. The lowest BCUT2D eigenvalue weighted by atomic mass is 10.1. The highest BCUT2D eigenvalue weighted by atomic mass is 19.1. The fourth-order valence-corrected chi connectivity index (χ4v) is 2.31. The lowest BCUT2D eigenvalue weighted by Gasteiger charge is -2.07. The Morgan fingerprint density at radius 2 is 1.71 bits per heavy atom. The molecule has 0 spiro atoms. The number of amides is 2. The molecule has 0 atom stereocenters. The number of halogens is 1. The van der Waals surface area contributed by atoms with Crippen LogP contribution in [0, 0.1) is 12.7 Å². The predicted molar refractivity (Wildman–Crippen MR) is 91.0 cm³/mol. The van der Waals surface area contributed by atoms with Crippen molar-refractivity contribution in [3.05, 3.63) is 71.0 Å². The number of rotatable bonds is 7. The van der Waals surface area contributed by atoms with Crippen molar-refractivity contribution in [2.24, 2.45) is 0 Å². The first-order valence-corrected chi connectivity index (χ1v) is 7.86. The molecule has 5 heteroatoms. The monoisotopic (exact) mass is 328 g/mol. The lowest BCUT2D eigenvalue weighted by molar-refractivity contribution is -0.125. The van der Waals surface area contributed by atoms with Crippen molar-refractivity contribution in [1.82, 2.24) is 10.6 Å². The molecule has 2 aromatic rings. The SMILES string of the molecule is Cc1cccc(CC(=O)NCC(=O)NCCc2ccc(F)cc2)c1. The minimum atomic E-state index is -0.279. The molecule has 2 aromatic carbocycles. The molecule has 126 valence electrons. The summed E-state index contributed by atoms with van der Waals surface area (Å²) >= 11 is 0. The second kappa shape index (κ2) is 8.82. The van der Waals surface area contributed by atoms with Crippen molar-refractivity contribution < 1.29 is 14.0 Å². The van der Waals surface area contributed by atoms with Gasteiger partial charge in [-0.1, -0.05) is 42.0 Å². The molecule has 0 fully saturated rings. The van der Waals surface area contributed by atoms with Crippen molar-refractivity contribution in [1.29, 1.82) is 0 Å². The van der Waals surface area contributed by atoms with Gasteiger partial charge in [0.15, 0.2) is 0 Å². The third-order valence-corrected chi connectivity index (χ3v) is 3.54. The first kappa shape index (κ1) is 17.7. The van der Waals surface area contributed by atoms with E-state index in [2.05, 4.69) is 10.6 Å². The van der Waals surface area contributed by atoms with Crippen molar-refractivity contribution in [2.45, 2.75) is 19.8 Å². The fraction of sp³-hybridized carbons (Fsp3) is 0.263. The maximum absolute atomic E-state index is 12.8. The maximum Gasteiger partial charge on any atom is 0.239 e. The summed E-state index contributed by atoms with van der Waals surface area (Å²) in [5.74, 6) is -0.705. The maximum atomic E-state index is 12.8. The molecular formula is C19H21FN2O2. The number of carbonyl (C=O) groups excluding carboxylic acids is 2. The Morgan fingerprint density at radius 3 is 2.42 bits per heavy atom. The molecular weight excluding hydrogens is 307 g/mol. The normalized spacial score (nSPS) is 10.2. The quantitative estimate of drug-likeness (QED) is 0.818. The van der Waals surface area contributed by atoms with Gasteiger partial charge in [0, 0.05) is 6.54 Å². The van der Waals surface area contributed by atoms with Gasteiger partial charge in [0.05, 0.1) is 13.0 Å². The van der Waals surface area contributed by atoms with E-state index in [-0.39, 0.29) is 30.6 Å². The number of aryl methyl sites for hydroxylation is 1. The van der Waals surface area contributed by atoms with Gasteiger partial charge in [-0.25, -0.2) is 4.39 Å². The summed E-state index contributed by atoms with van der Waals surface area (Å²) in [4.78, 5) is 23.5. The number of carbonyl (C=O) groups is 2. The first-order chi connectivity index (χ1) is 11.5. The van der Waals surface area contributed by atoms with Gasteiger partial charge in [0.1, 0.15) is 5.82 Å². The average Bonchev–Trinajstić information content (AvgIpc) is 2.55. The summed E-state index contributed by atoms with van der Waals surface area (Å²) in [6.45, 7) is 2.36. The first-order valence-electron chi connectivity index (χ1n) is 7.86. The number of benzene rings is 2. The summed E-state index contributed by atoms with van der Waals surface area (Å²) in [7, 11) is 0. The van der Waals surface area contributed by atoms with E-state index in [1.54, 1.807) is 12.1 Å². The summed E-state index contributed by atoms with van der Waals surface area (Å²) in [6, 6.07) is 13.9. The lowest BCUT2D eigenvalue weighted by Crippen LogP contribution is -2.38. The smallest absolute Gasteiger partial charge is 0.239 e. The highest BCUT2D eigenvalue weighted by molar-refractivity contribution is 5.85. The minimum Gasteiger partial charge on any atom is -0.354 e. The zero-order chi connectivity index (χ0) is 17.4. The second-order valence-electron chi connectivity index (χ2n) is 5.67. The largest absolute Gasteiger partial charge is 0.354 e. The zero-order valence-corrected chi connectivity index (χ0v) is 13.6. The van der Waals surface area contributed by atoms with Crippen LogP contribution in [0.1, 0.15) is 16.7 Å². The van der Waals surface area contributed by atoms with Crippen molar-refractivity contribution >= 4 is 11.8 Å². The van der Waals surface area contributed by atoms with E-state index in [0.29, 0.717) is 13.0 Å². The van der Waals surface area contributed by atoms with Crippen molar-refractivity contribution in [2.75, 3.05) is 13.1 Å². The highest BCUT2D eigenvalue weighted by Gasteiger charge is 2.06. The Labute approximate surface area is 141 Å². The van der Waals surface area contributed by atoms with Crippen molar-refractivity contribution in [3.63, 3.8) is 0 Å². The summed E-state index contributed by atoms with van der Waals surface area (Å²) in [5, 5.41) is 5.33. The van der Waals surface area contributed by atoms with E-state index in [1.165, 1.54) is 12.1 Å². The van der Waals surface area contributed by atoms with Crippen LogP contribution in [0.3, 0.4) is 0 Å². The molecule has 0 saturated heterocycles. The topological polar surface area (TPSA) is 58.2 Å². The van der Waals surface area contributed by atoms with Crippen LogP contribution >= 0.6 is 0 Å². The van der Waals surface area contributed by atoms with E-state index in [4.69, 9.17) is 0 Å². The van der Waals surface area contributed by atoms with Crippen LogP contribution < -0.4 is 10.6 Å². The molecule has 2 amide bonds. The van der Waals surface area contributed by atoms with E-state index in [1.807, 2.05) is 31.2 Å². The van der Waals surface area contributed by atoms with E-state index in [9.17, 15) is 14.0 Å². The zero-order valence-electron chi connectivity index (χ0n) is 13.6. The van der Waals surface area contributed by atoms with Gasteiger partial charge >= 0.3 is 0 Å². The van der Waals surface area contributed by atoms with E-state index >= 15 is 0 Å². The second-order valence-corrected chi connectivity index (χ2v) is 5.67. The predicted octanol–water partition coefficient (Wildman–Crippen LogP) is 2.15. The average molecular weight is 328 g/mol. The van der Waals surface area contributed by atoms with Gasteiger partial charge in [0.25, 0.3) is 0 Å². The Morgan fingerprint density at radius 1 is 0.958 bits per heavy atom. The molecule has 4 nitrogen and oxygen atoms in total. The Balaban J connectivity index is 1.65. The van der Waals surface area contributed by atoms with Crippen LogP contribution in [-0.2, 0) is 22.4 Å². The Bertz CT molecular complexity index is 699. The molecule has 2 N–H and O–H groups in total. The van der Waals surface area contributed by atoms with E-state index in [0.717, 1.165) is 16.7 Å². The van der Waals surface area contributed by atoms with Crippen LogP contribution in [0.25, 0.3) is 0 Å². The number of nitrogens with one attached hydrogen (secondary N) is 2. The van der Waals surface area contributed by atoms with Gasteiger partial charge in [-0.2, -0.15) is 0 Å². The third kappa shape index (κ3) is 6.20. The minimum absolute atomic E-state index is 0.0476. The van der Waals surface area contributed by atoms with Gasteiger partial charge in [-0.05, 0) is 36.6 Å². The molecule has 24 heavy (non-hydrogen) atoms. The third-order valence-electron chi connectivity index (χ3n) is 3.54. The molecule has 2 rings (SSSR count). The van der Waals surface area contributed by atoms with Gasteiger partial charge in [0.2, 0.25) is 11.8 Å². The highest BCUT2D eigenvalue weighted by Crippen LogP contribution is 2.04. The van der Waals surface area contributed by atoms with Gasteiger partial charge in [-0.3, -0.25) is 9.59 Å². The molecule has 0 heterocycles. The summed E-state index contributed by atoms with van der Waals surface area (Å²) in [5.41, 5.74) is 2.96. The number of hydrogen-bond donors (Lipinski definition) is 2. The fourth-order valence-electron chi connectivity index (χ4n) is 2.31. The Hall–Kier alpha value is -2.69. The van der Waals surface area contributed by atoms with E-state index < -0.39 is 0 Å². The number of hydrogen-bond acceptors (Lipinski definition) is 2. The molecule has 0 aliphatic heterocycles. The standard InChI is InChI=1S/C19H21FN2O2/c1-14-3-2-4-16(11-14)12-18(23)22-13-19(24)21-10-9-15-5-7-17(20)8-6-15/h2-8,11H,9-10,12-13H2,1H3,(H,21,24)(H,22,23). The molecule has 0 aliphatic rings. The Kier molecular flexibility index (Phi) is 6.49. The summed E-state index contributed by atoms with van der Waals surface area (Å²) in [6.07, 6.45) is 0.869. The van der Waals surface area contributed by atoms with Gasteiger partial charge in [-0.15, -0.1) is 0 Å². The van der Waals surface area contributed by atoms with Crippen molar-refractivity contribution in [3.8, 4) is 0 Å². The summed E-state index contributed by atoms with van der Waals surface area (Å²) < 4.78 is 12.8. The van der Waals surface area contributed by atoms with Crippen LogP contribution in [0.15, 0.2) is 48.5 Å².